The molecule has 96 valence electrons. The number of aliphatic carboxylic acids is 1. The summed E-state index contributed by atoms with van der Waals surface area (Å²) in [6.45, 7) is 4.35. The minimum Gasteiger partial charge on any atom is -0.480 e. The van der Waals surface area contributed by atoms with Crippen LogP contribution in [-0.4, -0.2) is 47.6 Å². The Morgan fingerprint density at radius 2 is 2.18 bits per heavy atom. The summed E-state index contributed by atoms with van der Waals surface area (Å²) in [5, 5.41) is 12.4. The van der Waals surface area contributed by atoms with Crippen molar-refractivity contribution < 1.29 is 14.7 Å². The summed E-state index contributed by atoms with van der Waals surface area (Å²) in [6, 6.07) is -0.614. The van der Waals surface area contributed by atoms with Gasteiger partial charge in [0.1, 0.15) is 6.04 Å². The zero-order chi connectivity index (χ0) is 12.4. The van der Waals surface area contributed by atoms with Crippen molar-refractivity contribution in [1.29, 1.82) is 0 Å². The molecule has 2 fully saturated rings. The number of likely N-dealkylation sites (tertiary alicyclic amines) is 1. The molecule has 0 aromatic rings. The molecule has 2 rings (SSSR count). The summed E-state index contributed by atoms with van der Waals surface area (Å²) in [4.78, 5) is 24.8. The Morgan fingerprint density at radius 1 is 1.41 bits per heavy atom. The number of hydrogen-bond acceptors (Lipinski definition) is 3. The normalized spacial score (nSPS) is 33.0. The second kappa shape index (κ2) is 5.04. The second-order valence-electron chi connectivity index (χ2n) is 5.20. The van der Waals surface area contributed by atoms with Gasteiger partial charge in [0.2, 0.25) is 5.91 Å². The number of hydrogen-bond donors (Lipinski definition) is 2. The van der Waals surface area contributed by atoms with Crippen molar-refractivity contribution in [2.75, 3.05) is 19.6 Å². The number of rotatable bonds is 3. The van der Waals surface area contributed by atoms with Gasteiger partial charge in [-0.1, -0.05) is 6.92 Å². The first-order chi connectivity index (χ1) is 8.09. The van der Waals surface area contributed by atoms with Crippen LogP contribution in [0.4, 0.5) is 0 Å². The zero-order valence-electron chi connectivity index (χ0n) is 10.2. The Hall–Kier alpha value is -1.10. The molecule has 0 spiro atoms. The van der Waals surface area contributed by atoms with Crippen LogP contribution < -0.4 is 5.32 Å². The van der Waals surface area contributed by atoms with Gasteiger partial charge in [0.25, 0.3) is 0 Å². The highest BCUT2D eigenvalue weighted by Gasteiger charge is 2.39. The van der Waals surface area contributed by atoms with E-state index >= 15 is 0 Å². The van der Waals surface area contributed by atoms with Crippen molar-refractivity contribution in [3.8, 4) is 0 Å². The molecule has 0 aromatic heterocycles. The maximum Gasteiger partial charge on any atom is 0.326 e. The lowest BCUT2D eigenvalue weighted by molar-refractivity contribution is -0.149. The molecular formula is C12H20N2O3. The lowest BCUT2D eigenvalue weighted by Gasteiger charge is -2.24. The minimum atomic E-state index is -0.868. The van der Waals surface area contributed by atoms with Gasteiger partial charge in [-0.3, -0.25) is 4.79 Å². The van der Waals surface area contributed by atoms with Crippen LogP contribution in [0.3, 0.4) is 0 Å². The van der Waals surface area contributed by atoms with Crippen molar-refractivity contribution in [3.63, 3.8) is 0 Å². The molecule has 0 bridgehead atoms. The number of nitrogens with zero attached hydrogens (tertiary/aromatic N) is 1. The van der Waals surface area contributed by atoms with Crippen molar-refractivity contribution in [3.05, 3.63) is 0 Å². The second-order valence-corrected chi connectivity index (χ2v) is 5.20. The van der Waals surface area contributed by atoms with Crippen LogP contribution >= 0.6 is 0 Å². The topological polar surface area (TPSA) is 69.6 Å². The van der Waals surface area contributed by atoms with Crippen molar-refractivity contribution in [2.24, 2.45) is 11.8 Å². The van der Waals surface area contributed by atoms with Gasteiger partial charge in [0, 0.05) is 13.0 Å². The highest BCUT2D eigenvalue weighted by Crippen LogP contribution is 2.26. The monoisotopic (exact) mass is 240 g/mol. The Balaban J connectivity index is 1.95. The third-order valence-corrected chi connectivity index (χ3v) is 3.90. The standard InChI is InChI=1S/C12H20N2O3/c1-8-3-5-14(11(8)12(16)17)10(15)6-9-2-4-13-7-9/h8-9,11,13H,2-7H2,1H3,(H,16,17). The first-order valence-corrected chi connectivity index (χ1v) is 6.32. The highest BCUT2D eigenvalue weighted by molar-refractivity contribution is 5.84. The molecule has 0 radical (unpaired) electrons. The quantitative estimate of drug-likeness (QED) is 0.745. The minimum absolute atomic E-state index is 0.00968. The van der Waals surface area contributed by atoms with E-state index in [-0.39, 0.29) is 11.8 Å². The van der Waals surface area contributed by atoms with Crippen LogP contribution in [0.15, 0.2) is 0 Å². The molecular weight excluding hydrogens is 220 g/mol. The number of carboxylic acids is 1. The summed E-state index contributed by atoms with van der Waals surface area (Å²) < 4.78 is 0. The van der Waals surface area contributed by atoms with Crippen LogP contribution in [0, 0.1) is 11.8 Å². The van der Waals surface area contributed by atoms with E-state index in [2.05, 4.69) is 5.32 Å². The lowest BCUT2D eigenvalue weighted by atomic mass is 10.0. The van der Waals surface area contributed by atoms with Gasteiger partial charge in [0.15, 0.2) is 0 Å². The molecule has 5 heteroatoms. The first kappa shape index (κ1) is 12.4. The van der Waals surface area contributed by atoms with Gasteiger partial charge in [0.05, 0.1) is 0 Å². The molecule has 3 unspecified atom stereocenters. The summed E-state index contributed by atoms with van der Waals surface area (Å²) in [7, 11) is 0. The Bertz CT molecular complexity index is 313. The van der Waals surface area contributed by atoms with Gasteiger partial charge < -0.3 is 15.3 Å². The fourth-order valence-electron chi connectivity index (χ4n) is 2.86. The number of carbonyl (C=O) groups is 2. The molecule has 2 N–H and O–H groups in total. The third kappa shape index (κ3) is 2.60. The SMILES string of the molecule is CC1CCN(C(=O)CC2CCNC2)C1C(=O)O. The lowest BCUT2D eigenvalue weighted by Crippen LogP contribution is -2.43. The number of carboxylic acid groups (broad SMARTS) is 1. The number of nitrogens with one attached hydrogen (secondary N) is 1. The summed E-state index contributed by atoms with van der Waals surface area (Å²) in [5.74, 6) is -0.408. The van der Waals surface area contributed by atoms with Crippen LogP contribution in [0.5, 0.6) is 0 Å². The van der Waals surface area contributed by atoms with E-state index in [0.29, 0.717) is 18.9 Å². The van der Waals surface area contributed by atoms with Crippen LogP contribution in [0.25, 0.3) is 0 Å². The van der Waals surface area contributed by atoms with Crippen LogP contribution in [0.1, 0.15) is 26.2 Å². The first-order valence-electron chi connectivity index (χ1n) is 6.32. The maximum absolute atomic E-state index is 12.1. The van der Waals surface area contributed by atoms with Gasteiger partial charge >= 0.3 is 5.97 Å². The van der Waals surface area contributed by atoms with Crippen molar-refractivity contribution >= 4 is 11.9 Å². The average Bonchev–Trinajstić information content (AvgIpc) is 2.86. The summed E-state index contributed by atoms with van der Waals surface area (Å²) >= 11 is 0. The molecule has 2 aliphatic heterocycles. The smallest absolute Gasteiger partial charge is 0.326 e. The fourth-order valence-corrected chi connectivity index (χ4v) is 2.86. The molecule has 1 amide bonds. The molecule has 3 atom stereocenters. The molecule has 0 saturated carbocycles. The molecule has 2 aliphatic rings. The summed E-state index contributed by atoms with van der Waals surface area (Å²) in [5.41, 5.74) is 0. The molecule has 0 aromatic carbocycles. The van der Waals surface area contributed by atoms with E-state index in [1.165, 1.54) is 0 Å². The Kier molecular flexibility index (Phi) is 3.66. The van der Waals surface area contributed by atoms with Gasteiger partial charge in [-0.15, -0.1) is 0 Å². The predicted octanol–water partition coefficient (Wildman–Crippen LogP) is 0.308. The molecule has 2 heterocycles. The number of amides is 1. The molecule has 5 nitrogen and oxygen atoms in total. The van der Waals surface area contributed by atoms with Gasteiger partial charge in [-0.2, -0.15) is 0 Å². The van der Waals surface area contributed by atoms with Gasteiger partial charge in [-0.05, 0) is 37.8 Å². The van der Waals surface area contributed by atoms with E-state index < -0.39 is 12.0 Å². The third-order valence-electron chi connectivity index (χ3n) is 3.90. The largest absolute Gasteiger partial charge is 0.480 e. The molecule has 0 aliphatic carbocycles. The summed E-state index contributed by atoms with van der Waals surface area (Å²) in [6.07, 6.45) is 2.31. The zero-order valence-corrected chi connectivity index (χ0v) is 10.2. The van der Waals surface area contributed by atoms with Crippen LogP contribution in [0.2, 0.25) is 0 Å². The highest BCUT2D eigenvalue weighted by atomic mass is 16.4. The molecule has 17 heavy (non-hydrogen) atoms. The maximum atomic E-state index is 12.1. The van der Waals surface area contributed by atoms with Crippen LogP contribution in [-0.2, 0) is 9.59 Å². The van der Waals surface area contributed by atoms with E-state index in [1.54, 1.807) is 4.90 Å². The van der Waals surface area contributed by atoms with Crippen molar-refractivity contribution in [1.82, 2.24) is 10.2 Å². The Labute approximate surface area is 101 Å². The number of carbonyl (C=O) groups excluding carboxylic acids is 1. The van der Waals surface area contributed by atoms with Gasteiger partial charge in [-0.25, -0.2) is 4.79 Å². The molecule has 2 saturated heterocycles. The Morgan fingerprint density at radius 3 is 2.76 bits per heavy atom. The van der Waals surface area contributed by atoms with E-state index in [0.717, 1.165) is 25.9 Å². The van der Waals surface area contributed by atoms with E-state index in [9.17, 15) is 9.59 Å². The fraction of sp³-hybridized carbons (Fsp3) is 0.833. The van der Waals surface area contributed by atoms with E-state index in [4.69, 9.17) is 5.11 Å². The predicted molar refractivity (Wildman–Crippen MR) is 62.5 cm³/mol. The average molecular weight is 240 g/mol. The van der Waals surface area contributed by atoms with E-state index in [1.807, 2.05) is 6.92 Å². The van der Waals surface area contributed by atoms with Crippen molar-refractivity contribution in [2.45, 2.75) is 32.2 Å².